The van der Waals surface area contributed by atoms with Gasteiger partial charge in [0.1, 0.15) is 0 Å². The molecule has 1 amide bonds. The van der Waals surface area contributed by atoms with Crippen LogP contribution < -0.4 is 14.8 Å². The minimum atomic E-state index is -0.527. The van der Waals surface area contributed by atoms with Crippen LogP contribution in [0.1, 0.15) is 19.4 Å². The third-order valence-corrected chi connectivity index (χ3v) is 2.69. The van der Waals surface area contributed by atoms with Gasteiger partial charge in [0.25, 0.3) is 5.91 Å². The number of amides is 1. The molecular formula is C16H21NO5. The summed E-state index contributed by atoms with van der Waals surface area (Å²) in [4.78, 5) is 22.9. The van der Waals surface area contributed by atoms with Crippen LogP contribution in [0.25, 0.3) is 0 Å². The van der Waals surface area contributed by atoms with Gasteiger partial charge in [-0.25, -0.2) is 4.79 Å². The number of hydrogen-bond acceptors (Lipinski definition) is 5. The Labute approximate surface area is 130 Å². The Morgan fingerprint density at radius 2 is 1.82 bits per heavy atom. The van der Waals surface area contributed by atoms with Crippen molar-refractivity contribution in [1.82, 2.24) is 5.32 Å². The summed E-state index contributed by atoms with van der Waals surface area (Å²) in [7, 11) is 3.10. The molecule has 0 aromatic heterocycles. The minimum absolute atomic E-state index is 0.305. The van der Waals surface area contributed by atoms with E-state index >= 15 is 0 Å². The normalized spacial score (nSPS) is 9.64. The monoisotopic (exact) mass is 307 g/mol. The average Bonchev–Trinajstić information content (AvgIpc) is 2.49. The largest absolute Gasteiger partial charge is 0.493 e. The van der Waals surface area contributed by atoms with Gasteiger partial charge in [0.05, 0.1) is 14.2 Å². The van der Waals surface area contributed by atoms with E-state index in [1.807, 2.05) is 6.07 Å². The van der Waals surface area contributed by atoms with Crippen LogP contribution in [0.3, 0.4) is 0 Å². The summed E-state index contributed by atoms with van der Waals surface area (Å²) in [6.07, 6.45) is 1.33. The minimum Gasteiger partial charge on any atom is -0.493 e. The summed E-state index contributed by atoms with van der Waals surface area (Å²) in [5.41, 5.74) is 1.66. The van der Waals surface area contributed by atoms with E-state index in [-0.39, 0.29) is 12.5 Å². The molecule has 0 spiro atoms. The molecule has 0 atom stereocenters. The molecule has 1 aromatic rings. The smallest absolute Gasteiger partial charge is 0.331 e. The molecular weight excluding hydrogens is 286 g/mol. The number of benzene rings is 1. The molecule has 22 heavy (non-hydrogen) atoms. The van der Waals surface area contributed by atoms with E-state index < -0.39 is 5.97 Å². The van der Waals surface area contributed by atoms with E-state index in [1.54, 1.807) is 40.2 Å². The molecule has 6 heteroatoms. The van der Waals surface area contributed by atoms with Gasteiger partial charge in [-0.15, -0.1) is 0 Å². The van der Waals surface area contributed by atoms with Crippen molar-refractivity contribution < 1.29 is 23.8 Å². The van der Waals surface area contributed by atoms with E-state index in [0.717, 1.165) is 11.1 Å². The van der Waals surface area contributed by atoms with Gasteiger partial charge in [-0.05, 0) is 31.5 Å². The van der Waals surface area contributed by atoms with Crippen molar-refractivity contribution >= 4 is 11.9 Å². The molecule has 6 nitrogen and oxygen atoms in total. The summed E-state index contributed by atoms with van der Waals surface area (Å²) in [6.45, 7) is 3.55. The van der Waals surface area contributed by atoms with E-state index in [4.69, 9.17) is 14.2 Å². The zero-order chi connectivity index (χ0) is 16.5. The molecule has 0 radical (unpaired) electrons. The van der Waals surface area contributed by atoms with Crippen molar-refractivity contribution in [2.45, 2.75) is 20.4 Å². The number of carbonyl (C=O) groups excluding carboxylic acids is 2. The maximum absolute atomic E-state index is 11.6. The molecule has 120 valence electrons. The molecule has 0 saturated carbocycles. The number of hydrogen-bond donors (Lipinski definition) is 1. The van der Waals surface area contributed by atoms with Crippen LogP contribution in [0, 0.1) is 0 Å². The predicted molar refractivity (Wildman–Crippen MR) is 81.8 cm³/mol. The van der Waals surface area contributed by atoms with Crippen LogP contribution in [0.2, 0.25) is 0 Å². The number of carbonyl (C=O) groups is 2. The van der Waals surface area contributed by atoms with E-state index in [9.17, 15) is 9.59 Å². The van der Waals surface area contributed by atoms with Gasteiger partial charge in [-0.2, -0.15) is 0 Å². The molecule has 1 N–H and O–H groups in total. The Hall–Kier alpha value is -2.50. The Morgan fingerprint density at radius 3 is 2.41 bits per heavy atom. The fourth-order valence-electron chi connectivity index (χ4n) is 1.66. The van der Waals surface area contributed by atoms with Gasteiger partial charge in [0.15, 0.2) is 18.1 Å². The Kier molecular flexibility index (Phi) is 6.95. The fourth-order valence-corrected chi connectivity index (χ4v) is 1.66. The van der Waals surface area contributed by atoms with Crippen LogP contribution in [0.15, 0.2) is 29.8 Å². The second-order valence-electron chi connectivity index (χ2n) is 4.80. The highest BCUT2D eigenvalue weighted by molar-refractivity contribution is 5.86. The number of rotatable bonds is 7. The van der Waals surface area contributed by atoms with Crippen LogP contribution in [0.4, 0.5) is 0 Å². The second kappa shape index (κ2) is 8.71. The van der Waals surface area contributed by atoms with E-state index in [1.165, 1.54) is 6.08 Å². The lowest BCUT2D eigenvalue weighted by molar-refractivity contribution is -0.143. The highest BCUT2D eigenvalue weighted by Crippen LogP contribution is 2.27. The Balaban J connectivity index is 2.47. The summed E-state index contributed by atoms with van der Waals surface area (Å²) in [6, 6.07) is 5.35. The molecule has 0 bridgehead atoms. The first kappa shape index (κ1) is 17.6. The van der Waals surface area contributed by atoms with Gasteiger partial charge in [-0.1, -0.05) is 11.6 Å². The molecule has 1 aromatic carbocycles. The number of nitrogens with one attached hydrogen (secondary N) is 1. The van der Waals surface area contributed by atoms with Crippen LogP contribution in [0.5, 0.6) is 11.5 Å². The third-order valence-electron chi connectivity index (χ3n) is 2.69. The third kappa shape index (κ3) is 5.87. The van der Waals surface area contributed by atoms with Crippen molar-refractivity contribution in [3.05, 3.63) is 35.4 Å². The van der Waals surface area contributed by atoms with Crippen molar-refractivity contribution in [3.8, 4) is 11.5 Å². The molecule has 0 aliphatic rings. The first-order valence-corrected chi connectivity index (χ1v) is 6.75. The van der Waals surface area contributed by atoms with Crippen molar-refractivity contribution in [1.29, 1.82) is 0 Å². The van der Waals surface area contributed by atoms with E-state index in [2.05, 4.69) is 5.32 Å². The number of allylic oxidation sites excluding steroid dienone is 1. The maximum Gasteiger partial charge on any atom is 0.331 e. The summed E-state index contributed by atoms with van der Waals surface area (Å²) >= 11 is 0. The molecule has 0 aliphatic carbocycles. The first-order chi connectivity index (χ1) is 10.5. The second-order valence-corrected chi connectivity index (χ2v) is 4.80. The SMILES string of the molecule is COc1ccc(CNC(=O)COC(=O)C=C(C)C)cc1OC. The zero-order valence-electron chi connectivity index (χ0n) is 13.3. The topological polar surface area (TPSA) is 73.9 Å². The van der Waals surface area contributed by atoms with Crippen molar-refractivity contribution in [2.24, 2.45) is 0 Å². The lowest BCUT2D eigenvalue weighted by atomic mass is 10.2. The molecule has 0 aliphatic heterocycles. The lowest BCUT2D eigenvalue weighted by Gasteiger charge is -2.10. The summed E-state index contributed by atoms with van der Waals surface area (Å²) in [5.74, 6) is 0.309. The summed E-state index contributed by atoms with van der Waals surface area (Å²) < 4.78 is 15.1. The number of methoxy groups -OCH3 is 2. The van der Waals surface area contributed by atoms with Gasteiger partial charge in [0, 0.05) is 12.6 Å². The lowest BCUT2D eigenvalue weighted by Crippen LogP contribution is -2.28. The highest BCUT2D eigenvalue weighted by atomic mass is 16.5. The zero-order valence-corrected chi connectivity index (χ0v) is 13.3. The Bertz CT molecular complexity index is 562. The maximum atomic E-state index is 11.6. The van der Waals surface area contributed by atoms with Crippen molar-refractivity contribution in [2.75, 3.05) is 20.8 Å². The number of ether oxygens (including phenoxy) is 3. The first-order valence-electron chi connectivity index (χ1n) is 6.75. The molecule has 1 rings (SSSR count). The molecule has 0 heterocycles. The van der Waals surface area contributed by atoms with Crippen LogP contribution >= 0.6 is 0 Å². The number of esters is 1. The molecule has 0 fully saturated rings. The quantitative estimate of drug-likeness (QED) is 0.614. The van der Waals surface area contributed by atoms with Crippen molar-refractivity contribution in [3.63, 3.8) is 0 Å². The summed E-state index contributed by atoms with van der Waals surface area (Å²) in [5, 5.41) is 2.66. The Morgan fingerprint density at radius 1 is 1.14 bits per heavy atom. The van der Waals surface area contributed by atoms with Gasteiger partial charge in [-0.3, -0.25) is 4.79 Å². The standard InChI is InChI=1S/C16H21NO5/c1-11(2)7-16(19)22-10-15(18)17-9-12-5-6-13(20-3)14(8-12)21-4/h5-8H,9-10H2,1-4H3,(H,17,18). The molecule has 0 unspecified atom stereocenters. The van der Waals surface area contributed by atoms with E-state index in [0.29, 0.717) is 18.0 Å². The molecule has 0 saturated heterocycles. The van der Waals surface area contributed by atoms with Gasteiger partial charge < -0.3 is 19.5 Å². The fraction of sp³-hybridized carbons (Fsp3) is 0.375. The highest BCUT2D eigenvalue weighted by Gasteiger charge is 2.07. The van der Waals surface area contributed by atoms with Crippen LogP contribution in [-0.4, -0.2) is 32.7 Å². The van der Waals surface area contributed by atoms with Gasteiger partial charge in [0.2, 0.25) is 0 Å². The predicted octanol–water partition coefficient (Wildman–Crippen LogP) is 1.83. The van der Waals surface area contributed by atoms with Crippen LogP contribution in [-0.2, 0) is 20.9 Å². The van der Waals surface area contributed by atoms with Gasteiger partial charge >= 0.3 is 5.97 Å². The average molecular weight is 307 g/mol.